The summed E-state index contributed by atoms with van der Waals surface area (Å²) in [4.78, 5) is 19.3. The molecule has 2 aromatic rings. The molecule has 6 heteroatoms. The summed E-state index contributed by atoms with van der Waals surface area (Å²) in [6, 6.07) is 3.70. The van der Waals surface area contributed by atoms with Crippen molar-refractivity contribution in [3.8, 4) is 11.6 Å². The molecular formula is C12H13N3O3. The van der Waals surface area contributed by atoms with Gasteiger partial charge in [0.05, 0.1) is 24.2 Å². The Morgan fingerprint density at radius 2 is 2.33 bits per heavy atom. The second kappa shape index (κ2) is 5.31. The van der Waals surface area contributed by atoms with Crippen molar-refractivity contribution in [1.29, 1.82) is 0 Å². The largest absolute Gasteiger partial charge is 0.515 e. The van der Waals surface area contributed by atoms with Gasteiger partial charge < -0.3 is 9.47 Å². The first kappa shape index (κ1) is 12.1. The van der Waals surface area contributed by atoms with E-state index in [1.807, 2.05) is 12.1 Å². The number of carbonyl (C=O) groups is 1. The third-order valence-electron chi connectivity index (χ3n) is 2.33. The topological polar surface area (TPSA) is 66.2 Å². The monoisotopic (exact) mass is 247 g/mol. The van der Waals surface area contributed by atoms with Crippen LogP contribution >= 0.6 is 0 Å². The predicted octanol–water partition coefficient (Wildman–Crippen LogP) is 2.11. The molecule has 0 fully saturated rings. The van der Waals surface area contributed by atoms with E-state index in [2.05, 4.69) is 9.97 Å². The predicted molar refractivity (Wildman–Crippen MR) is 63.7 cm³/mol. The van der Waals surface area contributed by atoms with Crippen LogP contribution < -0.4 is 4.74 Å². The standard InChI is InChI=1S/C12H13N3O3/c1-3-17-12(16)18-11-9(2)15(8-14-11)10-5-4-6-13-7-10/h4-8H,3H2,1-2H3. The fourth-order valence-electron chi connectivity index (χ4n) is 1.48. The molecule has 0 saturated carbocycles. The molecule has 0 spiro atoms. The molecule has 2 heterocycles. The van der Waals surface area contributed by atoms with Gasteiger partial charge >= 0.3 is 6.16 Å². The van der Waals surface area contributed by atoms with Gasteiger partial charge in [-0.3, -0.25) is 9.55 Å². The van der Waals surface area contributed by atoms with E-state index in [0.717, 1.165) is 5.69 Å². The number of rotatable bonds is 3. The highest BCUT2D eigenvalue weighted by molar-refractivity contribution is 5.63. The van der Waals surface area contributed by atoms with Crippen LogP contribution in [0.4, 0.5) is 4.79 Å². The lowest BCUT2D eigenvalue weighted by Gasteiger charge is -2.05. The second-order valence-electron chi connectivity index (χ2n) is 3.50. The van der Waals surface area contributed by atoms with Gasteiger partial charge in [-0.1, -0.05) is 0 Å². The molecule has 2 aromatic heterocycles. The molecule has 0 amide bonds. The molecule has 18 heavy (non-hydrogen) atoms. The molecule has 0 saturated heterocycles. The third kappa shape index (κ3) is 2.48. The highest BCUT2D eigenvalue weighted by Gasteiger charge is 2.13. The van der Waals surface area contributed by atoms with Crippen molar-refractivity contribution < 1.29 is 14.3 Å². The SMILES string of the molecule is CCOC(=O)Oc1ncn(-c2cccnc2)c1C. The number of pyridine rings is 1. The van der Waals surface area contributed by atoms with Crippen molar-refractivity contribution in [3.05, 3.63) is 36.5 Å². The molecule has 0 unspecified atom stereocenters. The summed E-state index contributed by atoms with van der Waals surface area (Å²) in [5, 5.41) is 0. The average molecular weight is 247 g/mol. The lowest BCUT2D eigenvalue weighted by Crippen LogP contribution is -2.11. The molecule has 0 aliphatic carbocycles. The van der Waals surface area contributed by atoms with Gasteiger partial charge in [0, 0.05) is 6.20 Å². The summed E-state index contributed by atoms with van der Waals surface area (Å²) >= 11 is 0. The minimum Gasteiger partial charge on any atom is -0.434 e. The number of hydrogen-bond acceptors (Lipinski definition) is 5. The molecule has 6 nitrogen and oxygen atoms in total. The molecular weight excluding hydrogens is 234 g/mol. The first-order valence-electron chi connectivity index (χ1n) is 5.51. The highest BCUT2D eigenvalue weighted by atomic mass is 16.7. The normalized spacial score (nSPS) is 10.1. The third-order valence-corrected chi connectivity index (χ3v) is 2.33. The number of imidazole rings is 1. The van der Waals surface area contributed by atoms with E-state index in [1.165, 1.54) is 0 Å². The maximum Gasteiger partial charge on any atom is 0.515 e. The van der Waals surface area contributed by atoms with Crippen molar-refractivity contribution in [1.82, 2.24) is 14.5 Å². The Morgan fingerprint density at radius 1 is 1.50 bits per heavy atom. The Bertz CT molecular complexity index is 537. The van der Waals surface area contributed by atoms with Crippen molar-refractivity contribution in [2.24, 2.45) is 0 Å². The van der Waals surface area contributed by atoms with E-state index in [0.29, 0.717) is 5.69 Å². The number of aromatic nitrogens is 3. The quantitative estimate of drug-likeness (QED) is 0.777. The van der Waals surface area contributed by atoms with Gasteiger partial charge in [0.2, 0.25) is 5.88 Å². The summed E-state index contributed by atoms with van der Waals surface area (Å²) in [6.45, 7) is 3.78. The maximum atomic E-state index is 11.2. The zero-order valence-corrected chi connectivity index (χ0v) is 10.2. The Balaban J connectivity index is 2.22. The lowest BCUT2D eigenvalue weighted by atomic mass is 10.4. The molecule has 0 radical (unpaired) electrons. The van der Waals surface area contributed by atoms with Gasteiger partial charge in [-0.15, -0.1) is 0 Å². The lowest BCUT2D eigenvalue weighted by molar-refractivity contribution is 0.102. The van der Waals surface area contributed by atoms with Crippen molar-refractivity contribution >= 4 is 6.16 Å². The highest BCUT2D eigenvalue weighted by Crippen LogP contribution is 2.19. The molecule has 0 bridgehead atoms. The molecule has 0 aliphatic rings. The van der Waals surface area contributed by atoms with Crippen molar-refractivity contribution in [2.45, 2.75) is 13.8 Å². The van der Waals surface area contributed by atoms with E-state index in [-0.39, 0.29) is 12.5 Å². The number of nitrogens with zero attached hydrogens (tertiary/aromatic N) is 3. The van der Waals surface area contributed by atoms with Crippen molar-refractivity contribution in [2.75, 3.05) is 6.61 Å². The van der Waals surface area contributed by atoms with Crippen LogP contribution in [0.1, 0.15) is 12.6 Å². The summed E-state index contributed by atoms with van der Waals surface area (Å²) in [6.07, 6.45) is 4.20. The Kier molecular flexibility index (Phi) is 3.57. The average Bonchev–Trinajstić information content (AvgIpc) is 2.72. The van der Waals surface area contributed by atoms with Gasteiger partial charge in [-0.2, -0.15) is 0 Å². The molecule has 94 valence electrons. The van der Waals surface area contributed by atoms with Gasteiger partial charge in [0.25, 0.3) is 0 Å². The fraction of sp³-hybridized carbons (Fsp3) is 0.250. The molecule has 2 rings (SSSR count). The van der Waals surface area contributed by atoms with Crippen LogP contribution in [-0.2, 0) is 4.74 Å². The first-order valence-corrected chi connectivity index (χ1v) is 5.51. The maximum absolute atomic E-state index is 11.2. The number of carbonyl (C=O) groups excluding carboxylic acids is 1. The van der Waals surface area contributed by atoms with Crippen LogP contribution in [0.3, 0.4) is 0 Å². The molecule has 0 atom stereocenters. The van der Waals surface area contributed by atoms with E-state index >= 15 is 0 Å². The van der Waals surface area contributed by atoms with Gasteiger partial charge in [0.1, 0.15) is 6.33 Å². The fourth-order valence-corrected chi connectivity index (χ4v) is 1.48. The smallest absolute Gasteiger partial charge is 0.434 e. The summed E-state index contributed by atoms with van der Waals surface area (Å²) < 4.78 is 11.4. The van der Waals surface area contributed by atoms with Crippen LogP contribution in [0.15, 0.2) is 30.9 Å². The molecule has 0 N–H and O–H groups in total. The van der Waals surface area contributed by atoms with Crippen LogP contribution in [0.25, 0.3) is 5.69 Å². The number of ether oxygens (including phenoxy) is 2. The van der Waals surface area contributed by atoms with E-state index in [1.54, 1.807) is 37.1 Å². The van der Waals surface area contributed by atoms with Crippen LogP contribution in [0.5, 0.6) is 5.88 Å². The van der Waals surface area contributed by atoms with Crippen LogP contribution in [-0.4, -0.2) is 27.3 Å². The first-order chi connectivity index (χ1) is 8.72. The molecule has 0 aromatic carbocycles. The van der Waals surface area contributed by atoms with Crippen LogP contribution in [0, 0.1) is 6.92 Å². The summed E-state index contributed by atoms with van der Waals surface area (Å²) in [7, 11) is 0. The van der Waals surface area contributed by atoms with E-state index in [4.69, 9.17) is 9.47 Å². The van der Waals surface area contributed by atoms with Crippen molar-refractivity contribution in [3.63, 3.8) is 0 Å². The van der Waals surface area contributed by atoms with E-state index < -0.39 is 6.16 Å². The minimum atomic E-state index is -0.753. The zero-order valence-electron chi connectivity index (χ0n) is 10.2. The Hall–Kier alpha value is -2.37. The summed E-state index contributed by atoms with van der Waals surface area (Å²) in [5.41, 5.74) is 1.55. The van der Waals surface area contributed by atoms with Gasteiger partial charge in [0.15, 0.2) is 0 Å². The van der Waals surface area contributed by atoms with Gasteiger partial charge in [-0.25, -0.2) is 9.78 Å². The van der Waals surface area contributed by atoms with Crippen LogP contribution in [0.2, 0.25) is 0 Å². The molecule has 0 aliphatic heterocycles. The zero-order chi connectivity index (χ0) is 13.0. The number of hydrogen-bond donors (Lipinski definition) is 0. The van der Waals surface area contributed by atoms with Gasteiger partial charge in [-0.05, 0) is 26.0 Å². The Morgan fingerprint density at radius 3 is 3.00 bits per heavy atom. The minimum absolute atomic E-state index is 0.234. The van der Waals surface area contributed by atoms with E-state index in [9.17, 15) is 4.79 Å². The Labute approximate surface area is 104 Å². The summed E-state index contributed by atoms with van der Waals surface area (Å²) in [5.74, 6) is 0.234. The second-order valence-corrected chi connectivity index (χ2v) is 3.50.